The lowest BCUT2D eigenvalue weighted by atomic mass is 10.1. The van der Waals surface area contributed by atoms with Crippen molar-refractivity contribution in [3.8, 4) is 0 Å². The lowest BCUT2D eigenvalue weighted by molar-refractivity contribution is -0.145. The second kappa shape index (κ2) is 33.0. The van der Waals surface area contributed by atoms with Gasteiger partial charge in [-0.2, -0.15) is 0 Å². The molecular formula is C39H68N2O7. The molecule has 1 atom stereocenters. The molecule has 1 aromatic rings. The molecule has 0 aromatic heterocycles. The van der Waals surface area contributed by atoms with Crippen molar-refractivity contribution >= 4 is 17.8 Å². The van der Waals surface area contributed by atoms with E-state index in [1.54, 1.807) is 0 Å². The highest BCUT2D eigenvalue weighted by Gasteiger charge is 2.22. The van der Waals surface area contributed by atoms with Crippen molar-refractivity contribution < 1.29 is 33.3 Å². The molecule has 2 N–H and O–H groups in total. The van der Waals surface area contributed by atoms with Crippen LogP contribution in [0.3, 0.4) is 0 Å². The van der Waals surface area contributed by atoms with Crippen LogP contribution in [-0.2, 0) is 39.9 Å². The van der Waals surface area contributed by atoms with Crippen LogP contribution in [0, 0.1) is 0 Å². The van der Waals surface area contributed by atoms with Gasteiger partial charge in [0.1, 0.15) is 19.3 Å². The van der Waals surface area contributed by atoms with Gasteiger partial charge in [0.2, 0.25) is 11.8 Å². The van der Waals surface area contributed by atoms with Crippen molar-refractivity contribution in [2.45, 2.75) is 148 Å². The van der Waals surface area contributed by atoms with Crippen LogP contribution in [0.15, 0.2) is 30.3 Å². The van der Waals surface area contributed by atoms with Crippen LogP contribution < -0.4 is 10.6 Å². The van der Waals surface area contributed by atoms with Gasteiger partial charge >= 0.3 is 5.97 Å². The molecular weight excluding hydrogens is 608 g/mol. The number of hydrogen-bond acceptors (Lipinski definition) is 7. The van der Waals surface area contributed by atoms with Crippen LogP contribution in [0.2, 0.25) is 0 Å². The lowest BCUT2D eigenvalue weighted by Gasteiger charge is -2.18. The van der Waals surface area contributed by atoms with Gasteiger partial charge in [0.15, 0.2) is 0 Å². The third kappa shape index (κ3) is 27.5. The van der Waals surface area contributed by atoms with E-state index >= 15 is 0 Å². The fourth-order valence-electron chi connectivity index (χ4n) is 5.29. The fraction of sp³-hybridized carbons (Fsp3) is 0.769. The van der Waals surface area contributed by atoms with Crippen LogP contribution in [0.5, 0.6) is 0 Å². The summed E-state index contributed by atoms with van der Waals surface area (Å²) >= 11 is 0. The van der Waals surface area contributed by atoms with Crippen LogP contribution in [0.25, 0.3) is 0 Å². The predicted molar refractivity (Wildman–Crippen MR) is 193 cm³/mol. The van der Waals surface area contributed by atoms with Gasteiger partial charge in [-0.3, -0.25) is 14.4 Å². The number of carbonyl (C=O) groups excluding carboxylic acids is 3. The Balaban J connectivity index is 2.29. The first-order valence-corrected chi connectivity index (χ1v) is 19.1. The van der Waals surface area contributed by atoms with Crippen molar-refractivity contribution in [1.82, 2.24) is 10.6 Å². The molecule has 0 aliphatic heterocycles. The first-order chi connectivity index (χ1) is 23.6. The minimum Gasteiger partial charge on any atom is -0.461 e. The van der Waals surface area contributed by atoms with E-state index in [0.29, 0.717) is 26.4 Å². The normalized spacial score (nSPS) is 11.7. The largest absolute Gasteiger partial charge is 0.461 e. The first kappa shape index (κ1) is 43.5. The number of benzene rings is 1. The minimum atomic E-state index is -0.849. The van der Waals surface area contributed by atoms with Crippen LogP contribution >= 0.6 is 0 Å². The van der Waals surface area contributed by atoms with E-state index < -0.39 is 17.9 Å². The molecule has 0 aliphatic rings. The van der Waals surface area contributed by atoms with Gasteiger partial charge in [-0.25, -0.2) is 0 Å². The summed E-state index contributed by atoms with van der Waals surface area (Å²) in [6.45, 7) is 7.34. The average molecular weight is 677 g/mol. The molecule has 0 saturated heterocycles. The number of esters is 1. The molecule has 2 amide bonds. The van der Waals surface area contributed by atoms with Gasteiger partial charge in [-0.15, -0.1) is 0 Å². The van der Waals surface area contributed by atoms with Crippen LogP contribution in [0.1, 0.15) is 141 Å². The summed E-state index contributed by atoms with van der Waals surface area (Å²) in [6.07, 6.45) is 21.2. The maximum Gasteiger partial charge on any atom is 0.306 e. The molecule has 0 bridgehead atoms. The number of rotatable bonds is 34. The van der Waals surface area contributed by atoms with E-state index in [1.165, 1.54) is 83.5 Å². The molecule has 0 fully saturated rings. The summed E-state index contributed by atoms with van der Waals surface area (Å²) in [6, 6.07) is 8.59. The standard InChI is InChI=1S/C39H68N2O7/c1-3-5-7-9-10-11-12-13-14-15-16-21-27-40-39(44)36(25-26-38(43)48-33-35-23-19-18-20-24-35)41-37(42)34-47-32-31-46-30-29-45-28-22-17-8-6-4-2/h18-20,23-24,36H,3-17,21-22,25-34H2,1-2H3,(H,40,44)(H,41,42)/t36-/m0/s1. The third-order valence-electron chi connectivity index (χ3n) is 8.23. The third-order valence-corrected chi connectivity index (χ3v) is 8.23. The van der Waals surface area contributed by atoms with Crippen molar-refractivity contribution in [2.24, 2.45) is 0 Å². The Kier molecular flexibility index (Phi) is 30.0. The highest BCUT2D eigenvalue weighted by atomic mass is 16.5. The van der Waals surface area contributed by atoms with Crippen molar-refractivity contribution in [2.75, 3.05) is 46.2 Å². The number of amides is 2. The van der Waals surface area contributed by atoms with Gasteiger partial charge in [0.05, 0.1) is 26.4 Å². The molecule has 0 unspecified atom stereocenters. The van der Waals surface area contributed by atoms with Crippen molar-refractivity contribution in [3.05, 3.63) is 35.9 Å². The second-order valence-electron chi connectivity index (χ2n) is 12.7. The molecule has 1 aromatic carbocycles. The number of hydrogen-bond donors (Lipinski definition) is 2. The molecule has 9 nitrogen and oxygen atoms in total. The highest BCUT2D eigenvalue weighted by molar-refractivity contribution is 5.88. The zero-order valence-electron chi connectivity index (χ0n) is 30.4. The maximum absolute atomic E-state index is 13.0. The quantitative estimate of drug-likeness (QED) is 0.0565. The molecule has 276 valence electrons. The van der Waals surface area contributed by atoms with Crippen LogP contribution in [0.4, 0.5) is 0 Å². The predicted octanol–water partition coefficient (Wildman–Crippen LogP) is 7.83. The summed E-state index contributed by atoms with van der Waals surface area (Å²) < 4.78 is 21.9. The molecule has 0 heterocycles. The number of ether oxygens (including phenoxy) is 4. The van der Waals surface area contributed by atoms with E-state index in [4.69, 9.17) is 18.9 Å². The molecule has 0 aliphatic carbocycles. The van der Waals surface area contributed by atoms with Gasteiger partial charge in [-0.1, -0.05) is 140 Å². The number of nitrogens with one attached hydrogen (secondary N) is 2. The second-order valence-corrected chi connectivity index (χ2v) is 12.7. The zero-order chi connectivity index (χ0) is 34.8. The van der Waals surface area contributed by atoms with Crippen molar-refractivity contribution in [1.29, 1.82) is 0 Å². The maximum atomic E-state index is 13.0. The van der Waals surface area contributed by atoms with Gasteiger partial charge in [0.25, 0.3) is 0 Å². The Labute approximate surface area is 292 Å². The summed E-state index contributed by atoms with van der Waals surface area (Å²) in [7, 11) is 0. The molecule has 48 heavy (non-hydrogen) atoms. The summed E-state index contributed by atoms with van der Waals surface area (Å²) in [4.78, 5) is 38.0. The Hall–Kier alpha value is -2.49. The molecule has 0 spiro atoms. The minimum absolute atomic E-state index is 0.0132. The Morgan fingerprint density at radius 2 is 1.15 bits per heavy atom. The van der Waals surface area contributed by atoms with E-state index in [-0.39, 0.29) is 38.6 Å². The number of carbonyl (C=O) groups is 3. The summed E-state index contributed by atoms with van der Waals surface area (Å²) in [5.41, 5.74) is 0.891. The van der Waals surface area contributed by atoms with E-state index in [0.717, 1.165) is 37.9 Å². The monoisotopic (exact) mass is 677 g/mol. The molecule has 0 radical (unpaired) electrons. The van der Waals surface area contributed by atoms with Crippen LogP contribution in [-0.4, -0.2) is 70.0 Å². The fourth-order valence-corrected chi connectivity index (χ4v) is 5.29. The van der Waals surface area contributed by atoms with E-state index in [2.05, 4.69) is 24.5 Å². The topological polar surface area (TPSA) is 112 Å². The Morgan fingerprint density at radius 3 is 1.75 bits per heavy atom. The Morgan fingerprint density at radius 1 is 0.625 bits per heavy atom. The number of unbranched alkanes of at least 4 members (excludes halogenated alkanes) is 15. The van der Waals surface area contributed by atoms with Gasteiger partial charge in [-0.05, 0) is 24.8 Å². The van der Waals surface area contributed by atoms with Gasteiger partial charge in [0, 0.05) is 19.6 Å². The highest BCUT2D eigenvalue weighted by Crippen LogP contribution is 2.12. The van der Waals surface area contributed by atoms with Crippen molar-refractivity contribution in [3.63, 3.8) is 0 Å². The average Bonchev–Trinajstić information content (AvgIpc) is 3.10. The zero-order valence-corrected chi connectivity index (χ0v) is 30.4. The summed E-state index contributed by atoms with van der Waals surface area (Å²) in [5.74, 6) is -1.12. The Bertz CT molecular complexity index is 900. The molecule has 0 saturated carbocycles. The lowest BCUT2D eigenvalue weighted by Crippen LogP contribution is -2.48. The smallest absolute Gasteiger partial charge is 0.306 e. The molecule has 9 heteroatoms. The first-order valence-electron chi connectivity index (χ1n) is 19.1. The van der Waals surface area contributed by atoms with E-state index in [1.807, 2.05) is 30.3 Å². The summed E-state index contributed by atoms with van der Waals surface area (Å²) in [5, 5.41) is 5.69. The van der Waals surface area contributed by atoms with E-state index in [9.17, 15) is 14.4 Å². The SMILES string of the molecule is CCCCCCCCCCCCCCNC(=O)[C@H](CCC(=O)OCc1ccccc1)NC(=O)COCCOCCOCCCCCCC. The van der Waals surface area contributed by atoms with Gasteiger partial charge < -0.3 is 29.6 Å². The molecule has 1 rings (SSSR count).